The van der Waals surface area contributed by atoms with E-state index in [1.165, 1.54) is 0 Å². The van der Waals surface area contributed by atoms with E-state index in [0.717, 1.165) is 38.5 Å². The van der Waals surface area contributed by atoms with Crippen molar-refractivity contribution in [1.29, 1.82) is 0 Å². The summed E-state index contributed by atoms with van der Waals surface area (Å²) in [4.78, 5) is 22.2. The van der Waals surface area contributed by atoms with Crippen LogP contribution in [-0.4, -0.2) is 35.6 Å². The Labute approximate surface area is 107 Å². The van der Waals surface area contributed by atoms with Gasteiger partial charge in [-0.3, -0.25) is 9.59 Å². The van der Waals surface area contributed by atoms with Crippen LogP contribution in [0.3, 0.4) is 0 Å². The fourth-order valence-electron chi connectivity index (χ4n) is 2.46. The second-order valence-corrected chi connectivity index (χ2v) is 5.43. The fraction of sp³-hybridized carbons (Fsp3) is 0.846. The van der Waals surface area contributed by atoms with Crippen molar-refractivity contribution in [2.24, 2.45) is 5.92 Å². The number of hydrogen-bond donors (Lipinski definition) is 3. The Bertz CT molecular complexity index is 307. The van der Waals surface area contributed by atoms with Crippen molar-refractivity contribution >= 4 is 11.9 Å². The number of nitrogens with one attached hydrogen (secondary N) is 2. The largest absolute Gasteiger partial charge is 0.481 e. The standard InChI is InChI=1S/C13H22N2O3/c16-12(15-11-5-6-11)7-8-14-10-3-1-9(2-4-10)13(17)18/h9-11,14H,1-8H2,(H,15,16)(H,17,18). The highest BCUT2D eigenvalue weighted by atomic mass is 16.4. The predicted octanol–water partition coefficient (Wildman–Crippen LogP) is 0.888. The van der Waals surface area contributed by atoms with Gasteiger partial charge in [-0.15, -0.1) is 0 Å². The van der Waals surface area contributed by atoms with Gasteiger partial charge in [0, 0.05) is 25.0 Å². The molecule has 0 aromatic rings. The van der Waals surface area contributed by atoms with Crippen molar-refractivity contribution in [1.82, 2.24) is 10.6 Å². The minimum Gasteiger partial charge on any atom is -0.481 e. The van der Waals surface area contributed by atoms with Crippen molar-refractivity contribution < 1.29 is 14.7 Å². The number of aliphatic carboxylic acids is 1. The van der Waals surface area contributed by atoms with Gasteiger partial charge in [0.1, 0.15) is 0 Å². The molecule has 0 aliphatic heterocycles. The first kappa shape index (κ1) is 13.3. The van der Waals surface area contributed by atoms with Gasteiger partial charge < -0.3 is 15.7 Å². The zero-order valence-corrected chi connectivity index (χ0v) is 10.7. The third-order valence-electron chi connectivity index (χ3n) is 3.80. The first-order chi connectivity index (χ1) is 8.65. The van der Waals surface area contributed by atoms with Crippen LogP contribution >= 0.6 is 0 Å². The van der Waals surface area contributed by atoms with Crippen LogP contribution in [0.2, 0.25) is 0 Å². The summed E-state index contributed by atoms with van der Waals surface area (Å²) >= 11 is 0. The molecule has 3 N–H and O–H groups in total. The highest BCUT2D eigenvalue weighted by Crippen LogP contribution is 2.24. The summed E-state index contributed by atoms with van der Waals surface area (Å²) in [6.45, 7) is 0.695. The Morgan fingerprint density at radius 2 is 1.61 bits per heavy atom. The molecule has 2 fully saturated rings. The van der Waals surface area contributed by atoms with E-state index < -0.39 is 5.97 Å². The molecule has 2 rings (SSSR count). The molecule has 102 valence electrons. The lowest BCUT2D eigenvalue weighted by Crippen LogP contribution is -2.37. The molecule has 0 spiro atoms. The van der Waals surface area contributed by atoms with E-state index in [9.17, 15) is 9.59 Å². The van der Waals surface area contributed by atoms with E-state index in [1.54, 1.807) is 0 Å². The molecule has 2 saturated carbocycles. The highest BCUT2D eigenvalue weighted by Gasteiger charge is 2.26. The maximum atomic E-state index is 11.4. The van der Waals surface area contributed by atoms with Crippen molar-refractivity contribution in [3.05, 3.63) is 0 Å². The van der Waals surface area contributed by atoms with Gasteiger partial charge in [0.25, 0.3) is 0 Å². The summed E-state index contributed by atoms with van der Waals surface area (Å²) in [5, 5.41) is 15.2. The average Bonchev–Trinajstić information content (AvgIpc) is 3.13. The number of carboxylic acids is 1. The van der Waals surface area contributed by atoms with Gasteiger partial charge in [0.05, 0.1) is 5.92 Å². The van der Waals surface area contributed by atoms with Crippen LogP contribution in [0, 0.1) is 5.92 Å². The Morgan fingerprint density at radius 1 is 1.00 bits per heavy atom. The molecule has 0 radical (unpaired) electrons. The summed E-state index contributed by atoms with van der Waals surface area (Å²) in [6, 6.07) is 0.817. The smallest absolute Gasteiger partial charge is 0.306 e. The number of amides is 1. The van der Waals surface area contributed by atoms with E-state index in [4.69, 9.17) is 5.11 Å². The first-order valence-corrected chi connectivity index (χ1v) is 6.90. The summed E-state index contributed by atoms with van der Waals surface area (Å²) in [5.74, 6) is -0.706. The minimum atomic E-state index is -0.669. The molecule has 2 aliphatic rings. The summed E-state index contributed by atoms with van der Waals surface area (Å²) < 4.78 is 0. The Hall–Kier alpha value is -1.10. The van der Waals surface area contributed by atoms with E-state index in [1.807, 2.05) is 0 Å². The van der Waals surface area contributed by atoms with Crippen LogP contribution in [0.1, 0.15) is 44.9 Å². The number of carbonyl (C=O) groups excluding carboxylic acids is 1. The van der Waals surface area contributed by atoms with Crippen LogP contribution in [0.4, 0.5) is 0 Å². The molecule has 0 atom stereocenters. The molecule has 1 amide bonds. The van der Waals surface area contributed by atoms with Gasteiger partial charge >= 0.3 is 5.97 Å². The molecule has 0 unspecified atom stereocenters. The molecule has 5 nitrogen and oxygen atoms in total. The third kappa shape index (κ3) is 4.29. The van der Waals surface area contributed by atoms with Gasteiger partial charge in [0.2, 0.25) is 5.91 Å². The van der Waals surface area contributed by atoms with Crippen molar-refractivity contribution in [2.75, 3.05) is 6.54 Å². The number of carboxylic acid groups (broad SMARTS) is 1. The van der Waals surface area contributed by atoms with Crippen LogP contribution in [0.25, 0.3) is 0 Å². The lowest BCUT2D eigenvalue weighted by molar-refractivity contribution is -0.142. The molecule has 18 heavy (non-hydrogen) atoms. The highest BCUT2D eigenvalue weighted by molar-refractivity contribution is 5.76. The van der Waals surface area contributed by atoms with Crippen LogP contribution < -0.4 is 10.6 Å². The van der Waals surface area contributed by atoms with Crippen molar-refractivity contribution in [2.45, 2.75) is 57.0 Å². The van der Waals surface area contributed by atoms with Gasteiger partial charge in [0.15, 0.2) is 0 Å². The average molecular weight is 254 g/mol. The molecular weight excluding hydrogens is 232 g/mol. The molecule has 2 aliphatic carbocycles. The second-order valence-electron chi connectivity index (χ2n) is 5.43. The molecule has 0 aromatic carbocycles. The first-order valence-electron chi connectivity index (χ1n) is 6.90. The van der Waals surface area contributed by atoms with E-state index >= 15 is 0 Å². The minimum absolute atomic E-state index is 0.129. The van der Waals surface area contributed by atoms with Crippen molar-refractivity contribution in [3.8, 4) is 0 Å². The monoisotopic (exact) mass is 254 g/mol. The van der Waals surface area contributed by atoms with E-state index in [-0.39, 0.29) is 11.8 Å². The number of carbonyl (C=O) groups is 2. The van der Waals surface area contributed by atoms with Crippen LogP contribution in [0.5, 0.6) is 0 Å². The maximum absolute atomic E-state index is 11.4. The molecule has 0 aromatic heterocycles. The SMILES string of the molecule is O=C(CCNC1CCC(C(=O)O)CC1)NC1CC1. The van der Waals surface area contributed by atoms with Gasteiger partial charge in [-0.25, -0.2) is 0 Å². The third-order valence-corrected chi connectivity index (χ3v) is 3.80. The number of hydrogen-bond acceptors (Lipinski definition) is 3. The Kier molecular flexibility index (Phi) is 4.58. The topological polar surface area (TPSA) is 78.4 Å². The fourth-order valence-corrected chi connectivity index (χ4v) is 2.46. The van der Waals surface area contributed by atoms with Crippen LogP contribution in [-0.2, 0) is 9.59 Å². The lowest BCUT2D eigenvalue weighted by atomic mass is 9.86. The molecule has 0 heterocycles. The molecular formula is C13H22N2O3. The zero-order valence-electron chi connectivity index (χ0n) is 10.7. The molecule has 5 heteroatoms. The summed E-state index contributed by atoms with van der Waals surface area (Å²) in [5.41, 5.74) is 0. The van der Waals surface area contributed by atoms with Gasteiger partial charge in [-0.2, -0.15) is 0 Å². The quantitative estimate of drug-likeness (QED) is 0.657. The predicted molar refractivity (Wildman–Crippen MR) is 67.2 cm³/mol. The normalized spacial score (nSPS) is 27.8. The lowest BCUT2D eigenvalue weighted by Gasteiger charge is -2.26. The second kappa shape index (κ2) is 6.18. The van der Waals surface area contributed by atoms with Crippen LogP contribution in [0.15, 0.2) is 0 Å². The van der Waals surface area contributed by atoms with Gasteiger partial charge in [-0.05, 0) is 38.5 Å². The number of rotatable bonds is 6. The maximum Gasteiger partial charge on any atom is 0.306 e. The summed E-state index contributed by atoms with van der Waals surface area (Å²) in [6.07, 6.45) is 6.08. The van der Waals surface area contributed by atoms with E-state index in [0.29, 0.717) is 25.0 Å². The van der Waals surface area contributed by atoms with Crippen molar-refractivity contribution in [3.63, 3.8) is 0 Å². The van der Waals surface area contributed by atoms with Gasteiger partial charge in [-0.1, -0.05) is 0 Å². The zero-order chi connectivity index (χ0) is 13.0. The Morgan fingerprint density at radius 3 is 2.17 bits per heavy atom. The Balaban J connectivity index is 1.54. The molecule has 0 bridgehead atoms. The summed E-state index contributed by atoms with van der Waals surface area (Å²) in [7, 11) is 0. The molecule has 0 saturated heterocycles. The van der Waals surface area contributed by atoms with E-state index in [2.05, 4.69) is 10.6 Å².